The Labute approximate surface area is 198 Å². The Morgan fingerprint density at radius 1 is 0.481 bits per heavy atom. The quantitative estimate of drug-likeness (QED) is 0.0753. The van der Waals surface area contributed by atoms with Gasteiger partial charge in [-0.3, -0.25) is 0 Å². The van der Waals surface area contributed by atoms with E-state index in [1.165, 1.54) is 133 Å². The van der Waals surface area contributed by atoms with Gasteiger partial charge in [0.2, 0.25) is 0 Å². The third-order valence-electron chi connectivity index (χ3n) is 5.93. The Morgan fingerprint density at radius 2 is 0.778 bits per heavy atom. The molecule has 0 aromatic rings. The van der Waals surface area contributed by atoms with E-state index >= 15 is 0 Å². The molecule has 1 nitrogen and oxygen atoms in total. The zero-order chi connectivity index (χ0) is 19.3. The molecule has 0 saturated carbocycles. The van der Waals surface area contributed by atoms with Gasteiger partial charge in [-0.05, 0) is 25.7 Å². The van der Waals surface area contributed by atoms with Gasteiger partial charge >= 0.3 is 0 Å². The predicted molar refractivity (Wildman–Crippen MR) is 124 cm³/mol. The van der Waals surface area contributed by atoms with Crippen molar-refractivity contribution in [1.82, 2.24) is 0 Å². The average Bonchev–Trinajstić information content (AvgIpc) is 2.64. The minimum atomic E-state index is 0. The lowest BCUT2D eigenvalue weighted by Crippen LogP contribution is -3.00. The number of rotatable bonds is 21. The van der Waals surface area contributed by atoms with Gasteiger partial charge in [-0.2, -0.15) is 0 Å². The molecule has 0 bridgehead atoms. The topological polar surface area (TPSA) is 0 Å². The van der Waals surface area contributed by atoms with E-state index in [1.807, 2.05) is 0 Å². The van der Waals surface area contributed by atoms with Crippen molar-refractivity contribution in [2.45, 2.75) is 123 Å². The second kappa shape index (κ2) is 23.4. The van der Waals surface area contributed by atoms with Crippen LogP contribution in [0.4, 0.5) is 0 Å². The van der Waals surface area contributed by atoms with Crippen molar-refractivity contribution < 1.29 is 28.5 Å². The summed E-state index contributed by atoms with van der Waals surface area (Å²) in [6.45, 7) is 8.77. The van der Waals surface area contributed by atoms with E-state index in [0.29, 0.717) is 0 Å². The highest BCUT2D eigenvalue weighted by molar-refractivity contribution is 9.09. The van der Waals surface area contributed by atoms with Gasteiger partial charge in [-0.25, -0.2) is 0 Å². The summed E-state index contributed by atoms with van der Waals surface area (Å²) in [5.41, 5.74) is 0. The number of alkyl halides is 1. The molecule has 0 aliphatic heterocycles. The fourth-order valence-electron chi connectivity index (χ4n) is 4.03. The molecule has 0 fully saturated rings. The molecule has 0 N–H and O–H groups in total. The van der Waals surface area contributed by atoms with E-state index in [1.54, 1.807) is 0 Å². The number of unbranched alkanes of at least 4 members (excludes halogenated alkanes) is 14. The van der Waals surface area contributed by atoms with Crippen LogP contribution in [0.25, 0.3) is 0 Å². The SMILES string of the molecule is CCCCCCCCCC[N+](C)(CCCBr)CCCCCCCCCC.[I-]. The van der Waals surface area contributed by atoms with Crippen LogP contribution >= 0.6 is 15.9 Å². The van der Waals surface area contributed by atoms with Gasteiger partial charge in [-0.1, -0.05) is 107 Å². The van der Waals surface area contributed by atoms with E-state index in [9.17, 15) is 0 Å². The van der Waals surface area contributed by atoms with Crippen LogP contribution < -0.4 is 24.0 Å². The molecule has 0 aliphatic carbocycles. The molecule has 27 heavy (non-hydrogen) atoms. The molecule has 0 heterocycles. The van der Waals surface area contributed by atoms with Crippen LogP contribution in [0.3, 0.4) is 0 Å². The minimum absolute atomic E-state index is 0. The Morgan fingerprint density at radius 3 is 1.11 bits per heavy atom. The Bertz CT molecular complexity index is 253. The lowest BCUT2D eigenvalue weighted by molar-refractivity contribution is -0.910. The van der Waals surface area contributed by atoms with Gasteiger partial charge < -0.3 is 28.5 Å². The van der Waals surface area contributed by atoms with Gasteiger partial charge in [-0.15, -0.1) is 0 Å². The van der Waals surface area contributed by atoms with Crippen molar-refractivity contribution in [3.8, 4) is 0 Å². The summed E-state index contributed by atoms with van der Waals surface area (Å²) in [6, 6.07) is 0. The summed E-state index contributed by atoms with van der Waals surface area (Å²) in [6.07, 6.45) is 24.3. The molecule has 0 aliphatic rings. The lowest BCUT2D eigenvalue weighted by atomic mass is 10.1. The van der Waals surface area contributed by atoms with Gasteiger partial charge in [0.1, 0.15) is 0 Å². The van der Waals surface area contributed by atoms with Crippen LogP contribution in [0.2, 0.25) is 0 Å². The number of halogens is 2. The van der Waals surface area contributed by atoms with Crippen molar-refractivity contribution >= 4 is 15.9 Å². The van der Waals surface area contributed by atoms with Crippen molar-refractivity contribution in [3.05, 3.63) is 0 Å². The number of quaternary nitrogens is 1. The van der Waals surface area contributed by atoms with E-state index in [0.717, 1.165) is 5.33 Å². The molecule has 0 aromatic carbocycles. The third-order valence-corrected chi connectivity index (χ3v) is 6.50. The molecule has 0 atom stereocenters. The first-order chi connectivity index (χ1) is 12.7. The maximum absolute atomic E-state index is 3.64. The fourth-order valence-corrected chi connectivity index (χ4v) is 4.28. The monoisotopic (exact) mass is 559 g/mol. The van der Waals surface area contributed by atoms with Gasteiger partial charge in [0.05, 0.1) is 26.7 Å². The van der Waals surface area contributed by atoms with E-state index < -0.39 is 0 Å². The van der Waals surface area contributed by atoms with Crippen molar-refractivity contribution in [1.29, 1.82) is 0 Å². The maximum Gasteiger partial charge on any atom is 0.0792 e. The summed E-state index contributed by atoms with van der Waals surface area (Å²) in [5.74, 6) is 0. The summed E-state index contributed by atoms with van der Waals surface area (Å²) < 4.78 is 1.32. The van der Waals surface area contributed by atoms with Crippen molar-refractivity contribution in [2.75, 3.05) is 32.0 Å². The number of hydrogen-bond donors (Lipinski definition) is 0. The summed E-state index contributed by atoms with van der Waals surface area (Å²) in [5, 5.41) is 1.16. The number of hydrogen-bond acceptors (Lipinski definition) is 0. The van der Waals surface area contributed by atoms with E-state index in [-0.39, 0.29) is 24.0 Å². The van der Waals surface area contributed by atoms with Crippen LogP contribution in [-0.2, 0) is 0 Å². The largest absolute Gasteiger partial charge is 1.00 e. The normalized spacial score (nSPS) is 11.6. The highest BCUT2D eigenvalue weighted by Crippen LogP contribution is 2.15. The molecule has 0 aromatic heterocycles. The van der Waals surface area contributed by atoms with Crippen LogP contribution in [0, 0.1) is 0 Å². The van der Waals surface area contributed by atoms with Crippen molar-refractivity contribution in [2.24, 2.45) is 0 Å². The molecule has 0 radical (unpaired) electrons. The zero-order valence-electron chi connectivity index (χ0n) is 19.1. The second-order valence-corrected chi connectivity index (χ2v) is 9.58. The Balaban J connectivity index is 0. The Hall–Kier alpha value is 1.17. The number of nitrogens with zero attached hydrogens (tertiary/aromatic N) is 1. The Kier molecular flexibility index (Phi) is 26.4. The summed E-state index contributed by atoms with van der Waals surface area (Å²) in [4.78, 5) is 0. The third kappa shape index (κ3) is 21.7. The highest BCUT2D eigenvalue weighted by Gasteiger charge is 2.19. The second-order valence-electron chi connectivity index (χ2n) is 8.78. The predicted octanol–water partition coefficient (Wildman–Crippen LogP) is 5.50. The standard InChI is InChI=1S/C24H51BrN.HI/c1-4-6-8-10-12-14-16-18-22-26(3,24-20-21-25)23-19-17-15-13-11-9-7-5-2;/h4-24H2,1-3H3;1H/q+1;/p-1. The average molecular weight is 560 g/mol. The molecule has 0 rings (SSSR count). The molecule has 0 unspecified atom stereocenters. The first kappa shape index (κ1) is 30.4. The van der Waals surface area contributed by atoms with Gasteiger partial charge in [0, 0.05) is 11.8 Å². The molecule has 3 heteroatoms. The first-order valence-electron chi connectivity index (χ1n) is 12.1. The van der Waals surface area contributed by atoms with E-state index in [4.69, 9.17) is 0 Å². The zero-order valence-corrected chi connectivity index (χ0v) is 22.8. The molecule has 0 saturated heterocycles. The minimum Gasteiger partial charge on any atom is -1.00 e. The lowest BCUT2D eigenvalue weighted by Gasteiger charge is -2.35. The molecular formula is C24H51BrIN. The molecule has 0 amide bonds. The van der Waals surface area contributed by atoms with Crippen LogP contribution in [0.5, 0.6) is 0 Å². The van der Waals surface area contributed by atoms with Gasteiger partial charge in [0.25, 0.3) is 0 Å². The van der Waals surface area contributed by atoms with Crippen molar-refractivity contribution in [3.63, 3.8) is 0 Å². The summed E-state index contributed by atoms with van der Waals surface area (Å²) >= 11 is 3.64. The van der Waals surface area contributed by atoms with Gasteiger partial charge in [0.15, 0.2) is 0 Å². The first-order valence-corrected chi connectivity index (χ1v) is 13.2. The molecule has 0 spiro atoms. The fraction of sp³-hybridized carbons (Fsp3) is 1.00. The van der Waals surface area contributed by atoms with Crippen LogP contribution in [-0.4, -0.2) is 36.5 Å². The van der Waals surface area contributed by atoms with Crippen LogP contribution in [0.15, 0.2) is 0 Å². The summed E-state index contributed by atoms with van der Waals surface area (Å²) in [7, 11) is 2.52. The highest BCUT2D eigenvalue weighted by atomic mass is 127. The molecular weight excluding hydrogens is 509 g/mol. The van der Waals surface area contributed by atoms with Crippen LogP contribution in [0.1, 0.15) is 123 Å². The molecule has 166 valence electrons. The smallest absolute Gasteiger partial charge is 0.0792 e. The maximum atomic E-state index is 3.64. The van der Waals surface area contributed by atoms with E-state index in [2.05, 4.69) is 36.8 Å².